The van der Waals surface area contributed by atoms with Crippen LogP contribution in [0, 0.1) is 0 Å². The van der Waals surface area contributed by atoms with Crippen molar-refractivity contribution in [3.63, 3.8) is 0 Å². The molecule has 6 heteroatoms. The van der Waals surface area contributed by atoms with Crippen molar-refractivity contribution < 1.29 is 0 Å². The first-order valence-corrected chi connectivity index (χ1v) is 5.49. The predicted octanol–water partition coefficient (Wildman–Crippen LogP) is 1.50. The maximum atomic E-state index is 4.37. The van der Waals surface area contributed by atoms with Gasteiger partial charge in [0.1, 0.15) is 5.82 Å². The van der Waals surface area contributed by atoms with Crippen LogP contribution in [0.25, 0.3) is 0 Å². The van der Waals surface area contributed by atoms with Crippen LogP contribution in [0.5, 0.6) is 0 Å². The molecule has 17 heavy (non-hydrogen) atoms. The van der Waals surface area contributed by atoms with E-state index in [4.69, 9.17) is 0 Å². The summed E-state index contributed by atoms with van der Waals surface area (Å²) in [5.74, 6) is 1.44. The summed E-state index contributed by atoms with van der Waals surface area (Å²) in [6.07, 6.45) is 5.45. The molecule has 0 aliphatic rings. The fraction of sp³-hybridized carbons (Fsp3) is 0.364. The molecule has 0 aliphatic carbocycles. The van der Waals surface area contributed by atoms with Crippen molar-refractivity contribution in [3.05, 3.63) is 24.7 Å². The molecule has 0 aromatic carbocycles. The van der Waals surface area contributed by atoms with E-state index in [0.29, 0.717) is 5.95 Å². The Balaban J connectivity index is 2.15. The van der Waals surface area contributed by atoms with Crippen LogP contribution in [-0.2, 0) is 6.54 Å². The largest absolute Gasteiger partial charge is 0.347 e. The third-order valence-electron chi connectivity index (χ3n) is 2.27. The lowest BCUT2D eigenvalue weighted by molar-refractivity contribution is 0.660. The van der Waals surface area contributed by atoms with Crippen molar-refractivity contribution in [2.24, 2.45) is 0 Å². The van der Waals surface area contributed by atoms with E-state index in [1.807, 2.05) is 42.9 Å². The Kier molecular flexibility index (Phi) is 3.22. The molecule has 0 fully saturated rings. The molecule has 1 N–H and O–H groups in total. The van der Waals surface area contributed by atoms with E-state index < -0.39 is 0 Å². The number of rotatable bonds is 4. The molecule has 90 valence electrons. The summed E-state index contributed by atoms with van der Waals surface area (Å²) < 4.78 is 1.86. The van der Waals surface area contributed by atoms with Crippen LogP contribution in [-0.4, -0.2) is 33.8 Å². The van der Waals surface area contributed by atoms with Gasteiger partial charge in [0.2, 0.25) is 5.95 Å². The zero-order valence-electron chi connectivity index (χ0n) is 10.3. The standard InChI is InChI=1S/C11H16N6/c1-4-17-8-9(7-13-17)14-10-5-6-12-11(15-10)16(2)3/h5-8H,4H2,1-3H3,(H,12,14,15). The molecule has 0 bridgehead atoms. The smallest absolute Gasteiger partial charge is 0.226 e. The second kappa shape index (κ2) is 4.82. The second-order valence-corrected chi connectivity index (χ2v) is 3.85. The SMILES string of the molecule is CCn1cc(Nc2ccnc(N(C)C)n2)cn1. The van der Waals surface area contributed by atoms with Gasteiger partial charge in [0.25, 0.3) is 0 Å². The average molecular weight is 232 g/mol. The first-order valence-electron chi connectivity index (χ1n) is 5.49. The Morgan fingerprint density at radius 2 is 2.24 bits per heavy atom. The van der Waals surface area contributed by atoms with Crippen molar-refractivity contribution in [2.75, 3.05) is 24.3 Å². The van der Waals surface area contributed by atoms with E-state index in [-0.39, 0.29) is 0 Å². The van der Waals surface area contributed by atoms with E-state index in [0.717, 1.165) is 18.1 Å². The Labute approximate surface area is 100 Å². The normalized spacial score (nSPS) is 10.3. The number of aryl methyl sites for hydroxylation is 1. The van der Waals surface area contributed by atoms with E-state index in [2.05, 4.69) is 20.4 Å². The van der Waals surface area contributed by atoms with Crippen molar-refractivity contribution in [1.82, 2.24) is 19.7 Å². The zero-order chi connectivity index (χ0) is 12.3. The number of aromatic nitrogens is 4. The van der Waals surface area contributed by atoms with Gasteiger partial charge in [-0.1, -0.05) is 0 Å². The summed E-state index contributed by atoms with van der Waals surface area (Å²) in [4.78, 5) is 10.4. The molecule has 0 amide bonds. The quantitative estimate of drug-likeness (QED) is 0.865. The molecule has 2 heterocycles. The lowest BCUT2D eigenvalue weighted by Crippen LogP contribution is -2.12. The van der Waals surface area contributed by atoms with Crippen molar-refractivity contribution in [2.45, 2.75) is 13.5 Å². The van der Waals surface area contributed by atoms with Gasteiger partial charge in [0.05, 0.1) is 11.9 Å². The number of hydrogen-bond acceptors (Lipinski definition) is 5. The van der Waals surface area contributed by atoms with Crippen molar-refractivity contribution >= 4 is 17.5 Å². The van der Waals surface area contributed by atoms with Crippen molar-refractivity contribution in [1.29, 1.82) is 0 Å². The molecule has 0 saturated carbocycles. The van der Waals surface area contributed by atoms with Gasteiger partial charge >= 0.3 is 0 Å². The number of nitrogens with zero attached hydrogens (tertiary/aromatic N) is 5. The van der Waals surface area contributed by atoms with Crippen molar-refractivity contribution in [3.8, 4) is 0 Å². The highest BCUT2D eigenvalue weighted by molar-refractivity contribution is 5.54. The van der Waals surface area contributed by atoms with Gasteiger partial charge in [-0.05, 0) is 13.0 Å². The number of nitrogens with one attached hydrogen (secondary N) is 1. The fourth-order valence-corrected chi connectivity index (χ4v) is 1.38. The van der Waals surface area contributed by atoms with Crippen LogP contribution in [0.3, 0.4) is 0 Å². The predicted molar refractivity (Wildman–Crippen MR) is 67.5 cm³/mol. The third-order valence-corrected chi connectivity index (χ3v) is 2.27. The topological polar surface area (TPSA) is 58.9 Å². The number of hydrogen-bond donors (Lipinski definition) is 1. The number of anilines is 3. The molecule has 0 radical (unpaired) electrons. The van der Waals surface area contributed by atoms with E-state index in [1.165, 1.54) is 0 Å². The van der Waals surface area contributed by atoms with Gasteiger partial charge in [-0.15, -0.1) is 0 Å². The van der Waals surface area contributed by atoms with E-state index >= 15 is 0 Å². The van der Waals surface area contributed by atoms with Crippen LogP contribution in [0.1, 0.15) is 6.92 Å². The molecule has 2 rings (SSSR count). The summed E-state index contributed by atoms with van der Waals surface area (Å²) >= 11 is 0. The summed E-state index contributed by atoms with van der Waals surface area (Å²) in [5, 5.41) is 7.38. The van der Waals surface area contributed by atoms with Gasteiger partial charge in [-0.2, -0.15) is 10.1 Å². The Morgan fingerprint density at radius 1 is 1.41 bits per heavy atom. The summed E-state index contributed by atoms with van der Waals surface area (Å²) in [5.41, 5.74) is 0.926. The maximum absolute atomic E-state index is 4.37. The first kappa shape index (κ1) is 11.4. The monoisotopic (exact) mass is 232 g/mol. The zero-order valence-corrected chi connectivity index (χ0v) is 10.3. The molecule has 0 saturated heterocycles. The van der Waals surface area contributed by atoms with E-state index in [9.17, 15) is 0 Å². The minimum absolute atomic E-state index is 0.679. The molecule has 0 aliphatic heterocycles. The van der Waals surface area contributed by atoms with E-state index in [1.54, 1.807) is 12.4 Å². The molecular weight excluding hydrogens is 216 g/mol. The molecule has 0 unspecified atom stereocenters. The lowest BCUT2D eigenvalue weighted by Gasteiger charge is -2.10. The van der Waals surface area contributed by atoms with Gasteiger partial charge in [0, 0.05) is 33.0 Å². The molecule has 0 atom stereocenters. The van der Waals surface area contributed by atoms with Gasteiger partial charge < -0.3 is 10.2 Å². The third kappa shape index (κ3) is 2.72. The second-order valence-electron chi connectivity index (χ2n) is 3.85. The molecule has 2 aromatic rings. The molecular formula is C11H16N6. The highest BCUT2D eigenvalue weighted by Crippen LogP contribution is 2.14. The minimum Gasteiger partial charge on any atom is -0.347 e. The molecule has 6 nitrogen and oxygen atoms in total. The van der Waals surface area contributed by atoms with Gasteiger partial charge in [0.15, 0.2) is 0 Å². The highest BCUT2D eigenvalue weighted by Gasteiger charge is 2.02. The summed E-state index contributed by atoms with van der Waals surface area (Å²) in [7, 11) is 3.82. The van der Waals surface area contributed by atoms with Crippen LogP contribution < -0.4 is 10.2 Å². The Hall–Kier alpha value is -2.11. The van der Waals surface area contributed by atoms with Gasteiger partial charge in [-0.25, -0.2) is 4.98 Å². The Morgan fingerprint density at radius 3 is 2.88 bits per heavy atom. The average Bonchev–Trinajstić information content (AvgIpc) is 2.77. The molecule has 0 spiro atoms. The summed E-state index contributed by atoms with van der Waals surface area (Å²) in [6, 6.07) is 1.83. The van der Waals surface area contributed by atoms with Crippen LogP contribution in [0.4, 0.5) is 17.5 Å². The van der Waals surface area contributed by atoms with Gasteiger partial charge in [-0.3, -0.25) is 4.68 Å². The first-order chi connectivity index (χ1) is 8.19. The lowest BCUT2D eigenvalue weighted by atomic mass is 10.5. The molecule has 2 aromatic heterocycles. The van der Waals surface area contributed by atoms with Crippen LogP contribution in [0.15, 0.2) is 24.7 Å². The highest BCUT2D eigenvalue weighted by atomic mass is 15.3. The maximum Gasteiger partial charge on any atom is 0.226 e. The Bertz CT molecular complexity index is 490. The van der Waals surface area contributed by atoms with Crippen LogP contribution in [0.2, 0.25) is 0 Å². The summed E-state index contributed by atoms with van der Waals surface area (Å²) in [6.45, 7) is 2.90. The fourth-order valence-electron chi connectivity index (χ4n) is 1.38. The minimum atomic E-state index is 0.679. The van der Waals surface area contributed by atoms with Crippen LogP contribution >= 0.6 is 0 Å².